The molecule has 0 spiro atoms. The minimum Gasteiger partial charge on any atom is -0.387 e. The molecular formula is C17H25ClN5O7P. The van der Waals surface area contributed by atoms with Crippen LogP contribution >= 0.6 is 19.2 Å². The first-order valence-electron chi connectivity index (χ1n) is 10.0. The van der Waals surface area contributed by atoms with Crippen molar-refractivity contribution in [1.82, 2.24) is 19.5 Å². The Morgan fingerprint density at radius 1 is 1.26 bits per heavy atom. The zero-order valence-corrected chi connectivity index (χ0v) is 18.2. The van der Waals surface area contributed by atoms with Gasteiger partial charge in [0, 0.05) is 6.54 Å². The first kappa shape index (κ1) is 22.8. The molecular weight excluding hydrogens is 453 g/mol. The van der Waals surface area contributed by atoms with Gasteiger partial charge in [-0.25, -0.2) is 4.98 Å². The van der Waals surface area contributed by atoms with Crippen molar-refractivity contribution in [2.75, 3.05) is 24.8 Å². The van der Waals surface area contributed by atoms with Crippen LogP contribution in [0.5, 0.6) is 0 Å². The number of rotatable bonds is 8. The van der Waals surface area contributed by atoms with Gasteiger partial charge in [0.1, 0.15) is 24.7 Å². The Morgan fingerprint density at radius 2 is 2.00 bits per heavy atom. The lowest BCUT2D eigenvalue weighted by Gasteiger charge is -2.17. The molecule has 0 radical (unpaired) electrons. The van der Waals surface area contributed by atoms with Gasteiger partial charge in [0.15, 0.2) is 23.2 Å². The third-order valence-corrected chi connectivity index (χ3v) is 6.27. The highest BCUT2D eigenvalue weighted by atomic mass is 35.5. The van der Waals surface area contributed by atoms with E-state index in [4.69, 9.17) is 30.9 Å². The van der Waals surface area contributed by atoms with Gasteiger partial charge in [-0.05, 0) is 30.4 Å². The van der Waals surface area contributed by atoms with Gasteiger partial charge in [0.25, 0.3) is 0 Å². The summed E-state index contributed by atoms with van der Waals surface area (Å²) >= 11 is 6.11. The molecule has 1 unspecified atom stereocenters. The van der Waals surface area contributed by atoms with E-state index in [0.29, 0.717) is 22.9 Å². The molecule has 172 valence electrons. The van der Waals surface area contributed by atoms with Crippen LogP contribution < -0.4 is 5.32 Å². The van der Waals surface area contributed by atoms with Crippen LogP contribution in [-0.4, -0.2) is 77.3 Å². The average molecular weight is 478 g/mol. The molecule has 0 bridgehead atoms. The van der Waals surface area contributed by atoms with Crippen LogP contribution in [0.2, 0.25) is 5.28 Å². The summed E-state index contributed by atoms with van der Waals surface area (Å²) in [5.41, 5.74) is 0.774. The van der Waals surface area contributed by atoms with Crippen molar-refractivity contribution in [3.8, 4) is 0 Å². The summed E-state index contributed by atoms with van der Waals surface area (Å²) in [6, 6.07) is 0. The number of hydrogen-bond donors (Lipinski definition) is 5. The number of halogens is 1. The van der Waals surface area contributed by atoms with E-state index in [1.165, 1.54) is 23.7 Å². The van der Waals surface area contributed by atoms with Gasteiger partial charge in [-0.15, -0.1) is 0 Å². The second-order valence-electron chi connectivity index (χ2n) is 7.91. The molecule has 2 aliphatic rings. The normalized spacial score (nSPS) is 27.4. The molecule has 3 heterocycles. The van der Waals surface area contributed by atoms with E-state index in [9.17, 15) is 14.8 Å². The highest BCUT2D eigenvalue weighted by molar-refractivity contribution is 7.51. The van der Waals surface area contributed by atoms with Crippen LogP contribution in [0.15, 0.2) is 6.33 Å². The first-order valence-corrected chi connectivity index (χ1v) is 12.2. The maximum absolute atomic E-state index is 10.9. The Kier molecular flexibility index (Phi) is 6.80. The quantitative estimate of drug-likeness (QED) is 0.269. The zero-order chi connectivity index (χ0) is 22.2. The van der Waals surface area contributed by atoms with Crippen LogP contribution in [0.3, 0.4) is 0 Å². The third-order valence-electron chi connectivity index (χ3n) is 5.58. The largest absolute Gasteiger partial charge is 0.387 e. The van der Waals surface area contributed by atoms with Crippen LogP contribution in [0.4, 0.5) is 5.82 Å². The molecule has 14 heteroatoms. The van der Waals surface area contributed by atoms with Gasteiger partial charge in [-0.1, -0.05) is 12.8 Å². The molecule has 5 N–H and O–H groups in total. The lowest BCUT2D eigenvalue weighted by atomic mass is 10.1. The average Bonchev–Trinajstić information content (AvgIpc) is 3.41. The molecule has 0 amide bonds. The number of nitrogens with one attached hydrogen (secondary N) is 1. The molecule has 2 aromatic rings. The number of fused-ring (bicyclic) bond motifs is 1. The Bertz CT molecular complexity index is 966. The fraction of sp³-hybridized carbons (Fsp3) is 0.706. The van der Waals surface area contributed by atoms with Crippen molar-refractivity contribution in [2.45, 2.75) is 50.2 Å². The molecule has 0 aromatic carbocycles. The molecule has 12 nitrogen and oxygen atoms in total. The van der Waals surface area contributed by atoms with Crippen LogP contribution in [0.25, 0.3) is 11.2 Å². The van der Waals surface area contributed by atoms with E-state index in [2.05, 4.69) is 20.3 Å². The van der Waals surface area contributed by atoms with Crippen molar-refractivity contribution >= 4 is 36.2 Å². The van der Waals surface area contributed by atoms with Gasteiger partial charge in [-0.2, -0.15) is 9.97 Å². The number of aliphatic hydroxyl groups excluding tert-OH is 2. The lowest BCUT2D eigenvalue weighted by molar-refractivity contribution is -0.0612. The SMILES string of the molecule is O=P(O)(O)COCC1O[C@@H](n2cnc3c(NCC4CCCC4)nc(Cl)nc32)[C@H](O)[C@@H]1O. The molecule has 4 rings (SSSR count). The molecule has 1 aliphatic carbocycles. The van der Waals surface area contributed by atoms with Crippen LogP contribution in [-0.2, 0) is 14.0 Å². The van der Waals surface area contributed by atoms with Crippen molar-refractivity contribution in [1.29, 1.82) is 0 Å². The van der Waals surface area contributed by atoms with Gasteiger partial charge in [-0.3, -0.25) is 9.13 Å². The van der Waals surface area contributed by atoms with E-state index in [-0.39, 0.29) is 11.9 Å². The first-order chi connectivity index (χ1) is 14.7. The van der Waals surface area contributed by atoms with Gasteiger partial charge >= 0.3 is 7.60 Å². The molecule has 31 heavy (non-hydrogen) atoms. The molecule has 1 saturated carbocycles. The van der Waals surface area contributed by atoms with E-state index >= 15 is 0 Å². The highest BCUT2D eigenvalue weighted by Gasteiger charge is 2.44. The minimum atomic E-state index is -4.36. The number of nitrogens with zero attached hydrogens (tertiary/aromatic N) is 4. The Labute approximate surface area is 182 Å². The van der Waals surface area contributed by atoms with Gasteiger partial charge < -0.3 is 34.8 Å². The number of aliphatic hydroxyl groups is 2. The predicted octanol–water partition coefficient (Wildman–Crippen LogP) is 0.853. The molecule has 2 aromatic heterocycles. The van der Waals surface area contributed by atoms with Crippen molar-refractivity contribution in [3.05, 3.63) is 11.6 Å². The van der Waals surface area contributed by atoms with E-state index in [1.54, 1.807) is 0 Å². The summed E-state index contributed by atoms with van der Waals surface area (Å²) in [6.07, 6.45) is 0.644. The maximum Gasteiger partial charge on any atom is 0.350 e. The highest BCUT2D eigenvalue weighted by Crippen LogP contribution is 2.36. The Hall–Kier alpha value is -1.37. The molecule has 4 atom stereocenters. The van der Waals surface area contributed by atoms with Crippen LogP contribution in [0, 0.1) is 5.92 Å². The molecule has 1 saturated heterocycles. The fourth-order valence-corrected chi connectivity index (χ4v) is 4.55. The van der Waals surface area contributed by atoms with Crippen molar-refractivity contribution in [2.24, 2.45) is 5.92 Å². The number of imidazole rings is 1. The van der Waals surface area contributed by atoms with Gasteiger partial charge in [0.2, 0.25) is 5.28 Å². The summed E-state index contributed by atoms with van der Waals surface area (Å²) in [7, 11) is -4.36. The summed E-state index contributed by atoms with van der Waals surface area (Å²) in [5.74, 6) is 1.05. The second-order valence-corrected chi connectivity index (χ2v) is 9.83. The standard InChI is InChI=1S/C17H25ClN5O7P/c18-17-21-14(19-5-9-3-1-2-4-9)11-15(22-17)23(7-20-11)16-13(25)12(24)10(30-16)6-29-8-31(26,27)28/h7,9-10,12-13,16,24-25H,1-6,8H2,(H,19,21,22)(H2,26,27,28)/t10?,12-,13-,16-/m1/s1. The van der Waals surface area contributed by atoms with E-state index < -0.39 is 38.5 Å². The topological polar surface area (TPSA) is 172 Å². The smallest absolute Gasteiger partial charge is 0.350 e. The summed E-state index contributed by atoms with van der Waals surface area (Å²) in [5, 5.41) is 24.1. The number of ether oxygens (including phenoxy) is 2. The lowest BCUT2D eigenvalue weighted by Crippen LogP contribution is -2.33. The molecule has 1 aliphatic heterocycles. The predicted molar refractivity (Wildman–Crippen MR) is 110 cm³/mol. The zero-order valence-electron chi connectivity index (χ0n) is 16.5. The number of hydrogen-bond acceptors (Lipinski definition) is 9. The third kappa shape index (κ3) is 5.18. The Balaban J connectivity index is 1.51. The summed E-state index contributed by atoms with van der Waals surface area (Å²) < 4.78 is 23.0. The van der Waals surface area contributed by atoms with E-state index in [1.807, 2.05) is 0 Å². The monoisotopic (exact) mass is 477 g/mol. The van der Waals surface area contributed by atoms with Gasteiger partial charge in [0.05, 0.1) is 12.9 Å². The van der Waals surface area contributed by atoms with E-state index in [0.717, 1.165) is 19.4 Å². The number of aromatic nitrogens is 4. The minimum absolute atomic E-state index is 0.00210. The fourth-order valence-electron chi connectivity index (χ4n) is 4.04. The number of anilines is 1. The Morgan fingerprint density at radius 3 is 2.71 bits per heavy atom. The van der Waals surface area contributed by atoms with Crippen LogP contribution in [0.1, 0.15) is 31.9 Å². The van der Waals surface area contributed by atoms with Crippen molar-refractivity contribution < 1.29 is 34.0 Å². The molecule has 2 fully saturated rings. The second kappa shape index (κ2) is 9.24. The summed E-state index contributed by atoms with van der Waals surface area (Å²) in [4.78, 5) is 30.5. The summed E-state index contributed by atoms with van der Waals surface area (Å²) in [6.45, 7) is 0.436. The maximum atomic E-state index is 10.9. The van der Waals surface area contributed by atoms with Crippen molar-refractivity contribution in [3.63, 3.8) is 0 Å².